The number of nitrogens with one attached hydrogen (secondary N) is 1. The number of rotatable bonds is 7. The van der Waals surface area contributed by atoms with E-state index in [1.807, 2.05) is 4.72 Å². The fourth-order valence-corrected chi connectivity index (χ4v) is 5.50. The lowest BCUT2D eigenvalue weighted by Gasteiger charge is -2.26. The van der Waals surface area contributed by atoms with Gasteiger partial charge in [-0.15, -0.1) is 0 Å². The van der Waals surface area contributed by atoms with Gasteiger partial charge in [-0.2, -0.15) is 0 Å². The molecule has 4 rings (SSSR count). The minimum absolute atomic E-state index is 0.172. The molecule has 0 unspecified atom stereocenters. The summed E-state index contributed by atoms with van der Waals surface area (Å²) in [5, 5.41) is 0.583. The second-order valence-electron chi connectivity index (χ2n) is 8.09. The number of sulfonamides is 1. The Morgan fingerprint density at radius 2 is 1.84 bits per heavy atom. The first-order chi connectivity index (χ1) is 15.4. The van der Waals surface area contributed by atoms with Crippen LogP contribution in [0.25, 0.3) is 22.3 Å². The summed E-state index contributed by atoms with van der Waals surface area (Å²) in [4.78, 5) is 4.10. The first-order valence-electron chi connectivity index (χ1n) is 10.6. The van der Waals surface area contributed by atoms with Gasteiger partial charge in [0.25, 0.3) is 0 Å². The Kier molecular flexibility index (Phi) is 6.43. The Morgan fingerprint density at radius 3 is 2.47 bits per heavy atom. The molecule has 3 N–H and O–H groups in total. The molecule has 1 aromatic carbocycles. The topological polar surface area (TPSA) is 90.0 Å². The van der Waals surface area contributed by atoms with Crippen LogP contribution in [0.3, 0.4) is 0 Å². The molecule has 1 saturated carbocycles. The van der Waals surface area contributed by atoms with Crippen LogP contribution >= 0.6 is 0 Å². The number of anilines is 1. The number of hydrogen-bond acceptors (Lipinski definition) is 4. The molecule has 172 valence electrons. The van der Waals surface area contributed by atoms with Gasteiger partial charge in [0, 0.05) is 17.6 Å². The minimum Gasteiger partial charge on any atom is -0.396 e. The van der Waals surface area contributed by atoms with E-state index < -0.39 is 35.2 Å². The second-order valence-corrected chi connectivity index (χ2v) is 9.81. The molecule has 2 aromatic heterocycles. The van der Waals surface area contributed by atoms with Crippen molar-refractivity contribution in [2.45, 2.75) is 49.1 Å². The van der Waals surface area contributed by atoms with Crippen molar-refractivity contribution in [3.05, 3.63) is 42.3 Å². The molecule has 0 radical (unpaired) electrons. The molecule has 1 fully saturated rings. The molecule has 32 heavy (non-hydrogen) atoms. The number of nitrogen functional groups attached to an aromatic ring is 1. The maximum atomic E-state index is 13.9. The number of fused-ring (bicyclic) bond motifs is 1. The lowest BCUT2D eigenvalue weighted by atomic mass is 9.95. The number of nitrogens with zero attached hydrogens (tertiary/aromatic N) is 2. The van der Waals surface area contributed by atoms with Crippen LogP contribution in [0.2, 0.25) is 0 Å². The maximum Gasteiger partial charge on any atom is 0.242 e. The summed E-state index contributed by atoms with van der Waals surface area (Å²) < 4.78 is 68.3. The zero-order chi connectivity index (χ0) is 22.9. The quantitative estimate of drug-likeness (QED) is 0.536. The molecule has 2 heterocycles. The third-order valence-corrected chi connectivity index (χ3v) is 7.43. The van der Waals surface area contributed by atoms with Gasteiger partial charge in [-0.3, -0.25) is 4.98 Å². The summed E-state index contributed by atoms with van der Waals surface area (Å²) in [6.45, 7) is -2.31. The van der Waals surface area contributed by atoms with E-state index in [2.05, 4.69) is 9.55 Å². The first kappa shape index (κ1) is 22.6. The van der Waals surface area contributed by atoms with E-state index in [9.17, 15) is 21.6 Å². The Labute approximate surface area is 184 Å². The fourth-order valence-electron chi connectivity index (χ4n) is 4.36. The molecule has 10 heteroatoms. The zero-order valence-corrected chi connectivity index (χ0v) is 18.2. The third kappa shape index (κ3) is 4.21. The van der Waals surface area contributed by atoms with Crippen LogP contribution < -0.4 is 10.5 Å². The SMILES string of the molecule is Nc1c(-c2ccc(S(=O)(=O)NC(CF)CF)cn2)n(C2CCCCC2)c2ccc(F)cc12. The normalized spacial score (nSPS) is 15.6. The smallest absolute Gasteiger partial charge is 0.242 e. The van der Waals surface area contributed by atoms with E-state index in [1.165, 1.54) is 24.3 Å². The van der Waals surface area contributed by atoms with Gasteiger partial charge >= 0.3 is 0 Å². The van der Waals surface area contributed by atoms with Gasteiger partial charge in [-0.05, 0) is 43.2 Å². The molecule has 1 aliphatic carbocycles. The van der Waals surface area contributed by atoms with Crippen LogP contribution in [-0.4, -0.2) is 37.4 Å². The van der Waals surface area contributed by atoms with Crippen LogP contribution in [0.5, 0.6) is 0 Å². The monoisotopic (exact) mass is 466 g/mol. The lowest BCUT2D eigenvalue weighted by molar-refractivity contribution is 0.334. The molecule has 0 atom stereocenters. The van der Waals surface area contributed by atoms with Crippen molar-refractivity contribution in [3.8, 4) is 11.4 Å². The van der Waals surface area contributed by atoms with Gasteiger partial charge in [-0.25, -0.2) is 26.3 Å². The molecule has 6 nitrogen and oxygen atoms in total. The summed E-state index contributed by atoms with van der Waals surface area (Å²) in [7, 11) is -4.13. The van der Waals surface area contributed by atoms with Crippen LogP contribution in [0, 0.1) is 5.82 Å². The van der Waals surface area contributed by atoms with E-state index in [0.29, 0.717) is 22.5 Å². The first-order valence-corrected chi connectivity index (χ1v) is 12.0. The van der Waals surface area contributed by atoms with E-state index >= 15 is 0 Å². The number of nitrogens with two attached hydrogens (primary N) is 1. The highest BCUT2D eigenvalue weighted by molar-refractivity contribution is 7.89. The summed E-state index contributed by atoms with van der Waals surface area (Å²) in [6.07, 6.45) is 6.35. The van der Waals surface area contributed by atoms with Crippen molar-refractivity contribution >= 4 is 26.6 Å². The minimum atomic E-state index is -4.13. The molecule has 1 aliphatic rings. The molecule has 3 aromatic rings. The Balaban J connectivity index is 1.79. The summed E-state index contributed by atoms with van der Waals surface area (Å²) in [5.74, 6) is -0.396. The average molecular weight is 467 g/mol. The molecular weight excluding hydrogens is 441 g/mol. The third-order valence-electron chi connectivity index (χ3n) is 5.93. The molecular formula is C22H25F3N4O2S. The predicted octanol–water partition coefficient (Wildman–Crippen LogP) is 4.52. The number of aromatic nitrogens is 2. The van der Waals surface area contributed by atoms with Crippen molar-refractivity contribution < 1.29 is 21.6 Å². The number of hydrogen-bond donors (Lipinski definition) is 2. The Hall–Kier alpha value is -2.59. The van der Waals surface area contributed by atoms with Gasteiger partial charge in [0.2, 0.25) is 10.0 Å². The van der Waals surface area contributed by atoms with Crippen LogP contribution in [0.1, 0.15) is 38.1 Å². The molecule has 0 spiro atoms. The Morgan fingerprint density at radius 1 is 1.12 bits per heavy atom. The van der Waals surface area contributed by atoms with E-state index in [4.69, 9.17) is 5.73 Å². The highest BCUT2D eigenvalue weighted by Gasteiger charge is 2.26. The van der Waals surface area contributed by atoms with Crippen molar-refractivity contribution in [2.75, 3.05) is 19.1 Å². The maximum absolute atomic E-state index is 13.9. The van der Waals surface area contributed by atoms with Crippen molar-refractivity contribution in [3.63, 3.8) is 0 Å². The van der Waals surface area contributed by atoms with Crippen molar-refractivity contribution in [1.82, 2.24) is 14.3 Å². The molecule has 0 bridgehead atoms. The Bertz CT molecular complexity index is 1200. The number of alkyl halides is 2. The van der Waals surface area contributed by atoms with Crippen LogP contribution in [0.4, 0.5) is 18.9 Å². The van der Waals surface area contributed by atoms with E-state index in [-0.39, 0.29) is 10.9 Å². The van der Waals surface area contributed by atoms with E-state index in [0.717, 1.165) is 43.8 Å². The van der Waals surface area contributed by atoms with Gasteiger partial charge < -0.3 is 10.3 Å². The lowest BCUT2D eigenvalue weighted by Crippen LogP contribution is -2.37. The summed E-state index contributed by atoms with van der Waals surface area (Å²) in [6, 6.07) is 6.05. The van der Waals surface area contributed by atoms with Crippen LogP contribution in [0.15, 0.2) is 41.4 Å². The molecule has 0 saturated heterocycles. The number of benzene rings is 1. The molecule has 0 amide bonds. The highest BCUT2D eigenvalue weighted by atomic mass is 32.2. The number of halogens is 3. The van der Waals surface area contributed by atoms with Gasteiger partial charge in [0.15, 0.2) is 0 Å². The van der Waals surface area contributed by atoms with Gasteiger partial charge in [0.1, 0.15) is 24.1 Å². The highest BCUT2D eigenvalue weighted by Crippen LogP contribution is 2.41. The van der Waals surface area contributed by atoms with Crippen molar-refractivity contribution in [1.29, 1.82) is 0 Å². The summed E-state index contributed by atoms with van der Waals surface area (Å²) in [5.41, 5.74) is 8.66. The van der Waals surface area contributed by atoms with Crippen LogP contribution in [-0.2, 0) is 10.0 Å². The van der Waals surface area contributed by atoms with Gasteiger partial charge in [0.05, 0.1) is 28.6 Å². The second kappa shape index (κ2) is 9.11. The molecule has 0 aliphatic heterocycles. The van der Waals surface area contributed by atoms with E-state index in [1.54, 1.807) is 6.07 Å². The van der Waals surface area contributed by atoms with Gasteiger partial charge in [-0.1, -0.05) is 19.3 Å². The zero-order valence-electron chi connectivity index (χ0n) is 17.4. The van der Waals surface area contributed by atoms with Crippen molar-refractivity contribution in [2.24, 2.45) is 0 Å². The predicted molar refractivity (Wildman–Crippen MR) is 118 cm³/mol. The number of pyridine rings is 1. The fraction of sp³-hybridized carbons (Fsp3) is 0.409. The average Bonchev–Trinajstić information content (AvgIpc) is 3.09. The standard InChI is InChI=1S/C22H25F3N4O2S/c23-11-15(12-24)28-32(30,31)17-7-8-19(27-13-17)22-21(26)18-10-14(25)6-9-20(18)29(22)16-4-2-1-3-5-16/h6-10,13,15-16,28H,1-5,11-12,26H2. The summed E-state index contributed by atoms with van der Waals surface area (Å²) >= 11 is 0. The largest absolute Gasteiger partial charge is 0.396 e.